The van der Waals surface area contributed by atoms with E-state index < -0.39 is 0 Å². The summed E-state index contributed by atoms with van der Waals surface area (Å²) >= 11 is 0. The Labute approximate surface area is 85.9 Å². The molecule has 0 radical (unpaired) electrons. The van der Waals surface area contributed by atoms with E-state index in [0.29, 0.717) is 23.7 Å². The van der Waals surface area contributed by atoms with Crippen molar-refractivity contribution in [1.82, 2.24) is 10.1 Å². The minimum absolute atomic E-state index is 0.290. The van der Waals surface area contributed by atoms with Crippen molar-refractivity contribution < 1.29 is 8.91 Å². The Balaban J connectivity index is 2.49. The molecule has 0 amide bonds. The van der Waals surface area contributed by atoms with Crippen LogP contribution in [0.25, 0.3) is 11.4 Å². The van der Waals surface area contributed by atoms with Crippen LogP contribution in [-0.4, -0.2) is 10.1 Å². The van der Waals surface area contributed by atoms with Crippen LogP contribution in [0.5, 0.6) is 0 Å². The molecule has 78 valence electrons. The van der Waals surface area contributed by atoms with E-state index in [4.69, 9.17) is 10.3 Å². The molecule has 5 heteroatoms. The van der Waals surface area contributed by atoms with Gasteiger partial charge >= 0.3 is 0 Å². The molecular weight excluding hydrogens is 197 g/mol. The molecule has 2 N–H and O–H groups in total. The highest BCUT2D eigenvalue weighted by Crippen LogP contribution is 2.25. The second-order valence-electron chi connectivity index (χ2n) is 3.09. The predicted octanol–water partition coefficient (Wildman–Crippen LogP) is 2.02. The van der Waals surface area contributed by atoms with Crippen molar-refractivity contribution in [1.29, 1.82) is 0 Å². The van der Waals surface area contributed by atoms with Gasteiger partial charge in [0, 0.05) is 5.56 Å². The topological polar surface area (TPSA) is 64.9 Å². The Morgan fingerprint density at radius 2 is 2.27 bits per heavy atom. The average Bonchev–Trinajstić information content (AvgIpc) is 2.61. The lowest BCUT2D eigenvalue weighted by molar-refractivity contribution is 0.438. The standard InChI is InChI=1S/C10H10FN3O/c1-2-7-9(14-15-10(7)12)8-4-3-6(11)5-13-8/h3-5H,2,12H2,1H3. The molecular formula is C10H10FN3O. The van der Waals surface area contributed by atoms with E-state index in [2.05, 4.69) is 10.1 Å². The van der Waals surface area contributed by atoms with Gasteiger partial charge in [-0.05, 0) is 18.6 Å². The first-order valence-corrected chi connectivity index (χ1v) is 4.58. The minimum Gasteiger partial charge on any atom is -0.367 e. The van der Waals surface area contributed by atoms with Gasteiger partial charge in [-0.1, -0.05) is 12.1 Å². The zero-order valence-electron chi connectivity index (χ0n) is 8.20. The smallest absolute Gasteiger partial charge is 0.225 e. The zero-order valence-corrected chi connectivity index (χ0v) is 8.20. The molecule has 2 aromatic heterocycles. The van der Waals surface area contributed by atoms with E-state index in [1.165, 1.54) is 6.07 Å². The molecule has 0 aliphatic heterocycles. The van der Waals surface area contributed by atoms with Gasteiger partial charge in [0.15, 0.2) is 0 Å². The van der Waals surface area contributed by atoms with Crippen LogP contribution in [0.4, 0.5) is 10.3 Å². The number of pyridine rings is 1. The number of halogens is 1. The van der Waals surface area contributed by atoms with Gasteiger partial charge in [0.1, 0.15) is 11.5 Å². The zero-order chi connectivity index (χ0) is 10.8. The lowest BCUT2D eigenvalue weighted by atomic mass is 10.1. The highest BCUT2D eigenvalue weighted by atomic mass is 19.1. The second kappa shape index (κ2) is 3.68. The van der Waals surface area contributed by atoms with Crippen molar-refractivity contribution in [3.63, 3.8) is 0 Å². The first-order valence-electron chi connectivity index (χ1n) is 4.58. The summed E-state index contributed by atoms with van der Waals surface area (Å²) in [5.41, 5.74) is 7.53. The van der Waals surface area contributed by atoms with Crippen molar-refractivity contribution in [2.45, 2.75) is 13.3 Å². The van der Waals surface area contributed by atoms with Gasteiger partial charge in [-0.25, -0.2) is 4.39 Å². The van der Waals surface area contributed by atoms with Crippen LogP contribution in [-0.2, 0) is 6.42 Å². The van der Waals surface area contributed by atoms with Gasteiger partial charge in [0.25, 0.3) is 0 Å². The third kappa shape index (κ3) is 1.68. The molecule has 0 atom stereocenters. The Kier molecular flexibility index (Phi) is 2.37. The van der Waals surface area contributed by atoms with Crippen molar-refractivity contribution in [2.24, 2.45) is 0 Å². The third-order valence-electron chi connectivity index (χ3n) is 2.14. The molecule has 0 aromatic carbocycles. The van der Waals surface area contributed by atoms with E-state index in [1.807, 2.05) is 6.92 Å². The molecule has 0 aliphatic rings. The number of hydrogen-bond acceptors (Lipinski definition) is 4. The van der Waals surface area contributed by atoms with Gasteiger partial charge in [-0.3, -0.25) is 4.98 Å². The van der Waals surface area contributed by atoms with E-state index in [0.717, 1.165) is 11.8 Å². The molecule has 2 aromatic rings. The van der Waals surface area contributed by atoms with Gasteiger partial charge in [0.2, 0.25) is 5.88 Å². The van der Waals surface area contributed by atoms with Crippen molar-refractivity contribution in [3.05, 3.63) is 29.7 Å². The van der Waals surface area contributed by atoms with E-state index >= 15 is 0 Å². The quantitative estimate of drug-likeness (QED) is 0.818. The summed E-state index contributed by atoms with van der Waals surface area (Å²) in [6.45, 7) is 1.94. The summed E-state index contributed by atoms with van der Waals surface area (Å²) in [5, 5.41) is 3.80. The SMILES string of the molecule is CCc1c(-c2ccc(F)cn2)noc1N. The fourth-order valence-corrected chi connectivity index (χ4v) is 1.38. The third-order valence-corrected chi connectivity index (χ3v) is 2.14. The number of anilines is 1. The van der Waals surface area contributed by atoms with Crippen LogP contribution in [0.3, 0.4) is 0 Å². The molecule has 0 saturated carbocycles. The molecule has 2 rings (SSSR count). The number of nitrogens with zero attached hydrogens (tertiary/aromatic N) is 2. The number of rotatable bonds is 2. The largest absolute Gasteiger partial charge is 0.367 e. The van der Waals surface area contributed by atoms with Gasteiger partial charge in [0.05, 0.1) is 11.9 Å². The molecule has 2 heterocycles. The van der Waals surface area contributed by atoms with Gasteiger partial charge < -0.3 is 10.3 Å². The Bertz CT molecular complexity index is 464. The first-order chi connectivity index (χ1) is 7.22. The van der Waals surface area contributed by atoms with Gasteiger partial charge in [-0.15, -0.1) is 0 Å². The molecule has 0 bridgehead atoms. The summed E-state index contributed by atoms with van der Waals surface area (Å²) < 4.78 is 17.5. The Hall–Kier alpha value is -1.91. The van der Waals surface area contributed by atoms with Crippen molar-refractivity contribution in [2.75, 3.05) is 5.73 Å². The summed E-state index contributed by atoms with van der Waals surface area (Å²) in [6.07, 6.45) is 1.84. The maximum absolute atomic E-state index is 12.7. The van der Waals surface area contributed by atoms with Crippen molar-refractivity contribution in [3.8, 4) is 11.4 Å². The molecule has 15 heavy (non-hydrogen) atoms. The number of nitrogen functional groups attached to an aromatic ring is 1. The normalized spacial score (nSPS) is 10.5. The second-order valence-corrected chi connectivity index (χ2v) is 3.09. The minimum atomic E-state index is -0.381. The molecule has 0 aliphatic carbocycles. The summed E-state index contributed by atoms with van der Waals surface area (Å²) in [5.74, 6) is -0.0908. The lowest BCUT2D eigenvalue weighted by Gasteiger charge is -1.97. The van der Waals surface area contributed by atoms with Crippen LogP contribution < -0.4 is 5.73 Å². The highest BCUT2D eigenvalue weighted by Gasteiger charge is 2.14. The maximum Gasteiger partial charge on any atom is 0.225 e. The highest BCUT2D eigenvalue weighted by molar-refractivity contribution is 5.63. The van der Waals surface area contributed by atoms with Crippen LogP contribution in [0.15, 0.2) is 22.9 Å². The molecule has 0 saturated heterocycles. The van der Waals surface area contributed by atoms with Crippen molar-refractivity contribution >= 4 is 5.88 Å². The van der Waals surface area contributed by atoms with Crippen LogP contribution in [0.2, 0.25) is 0 Å². The summed E-state index contributed by atoms with van der Waals surface area (Å²) in [4.78, 5) is 3.92. The fourth-order valence-electron chi connectivity index (χ4n) is 1.38. The number of hydrogen-bond donors (Lipinski definition) is 1. The number of aromatic nitrogens is 2. The number of nitrogens with two attached hydrogens (primary N) is 1. The summed E-state index contributed by atoms with van der Waals surface area (Å²) in [7, 11) is 0. The monoisotopic (exact) mass is 207 g/mol. The Morgan fingerprint density at radius 3 is 2.87 bits per heavy atom. The summed E-state index contributed by atoms with van der Waals surface area (Å²) in [6, 6.07) is 2.87. The molecule has 0 unspecified atom stereocenters. The predicted molar refractivity (Wildman–Crippen MR) is 53.5 cm³/mol. The van der Waals surface area contributed by atoms with Crippen LogP contribution >= 0.6 is 0 Å². The fraction of sp³-hybridized carbons (Fsp3) is 0.200. The molecule has 0 fully saturated rings. The molecule has 4 nitrogen and oxygen atoms in total. The lowest BCUT2D eigenvalue weighted by Crippen LogP contribution is -1.91. The Morgan fingerprint density at radius 1 is 1.47 bits per heavy atom. The van der Waals surface area contributed by atoms with Gasteiger partial charge in [-0.2, -0.15) is 0 Å². The first kappa shape index (κ1) is 9.64. The van der Waals surface area contributed by atoms with Crippen LogP contribution in [0.1, 0.15) is 12.5 Å². The van der Waals surface area contributed by atoms with E-state index in [9.17, 15) is 4.39 Å². The maximum atomic E-state index is 12.7. The average molecular weight is 207 g/mol. The van der Waals surface area contributed by atoms with E-state index in [-0.39, 0.29) is 5.82 Å². The van der Waals surface area contributed by atoms with Crippen LogP contribution in [0, 0.1) is 5.82 Å². The van der Waals surface area contributed by atoms with E-state index in [1.54, 1.807) is 6.07 Å². The molecule has 0 spiro atoms.